The van der Waals surface area contributed by atoms with Crippen LogP contribution in [-0.2, 0) is 21.2 Å². The minimum Gasteiger partial charge on any atom is -0.496 e. The molecule has 2 atom stereocenters. The van der Waals surface area contributed by atoms with E-state index in [2.05, 4.69) is 21.9 Å². The van der Waals surface area contributed by atoms with Crippen molar-refractivity contribution in [2.24, 2.45) is 0 Å². The number of nitrogens with zero attached hydrogens (tertiary/aromatic N) is 1. The first kappa shape index (κ1) is 26.0. The highest BCUT2D eigenvalue weighted by Crippen LogP contribution is 2.38. The van der Waals surface area contributed by atoms with Gasteiger partial charge in [-0.1, -0.05) is 19.1 Å². The van der Waals surface area contributed by atoms with Crippen LogP contribution in [0.3, 0.4) is 0 Å². The second kappa shape index (κ2) is 10.9. The third-order valence-electron chi connectivity index (χ3n) is 7.13. The van der Waals surface area contributed by atoms with Crippen LogP contribution in [0.15, 0.2) is 41.3 Å². The van der Waals surface area contributed by atoms with E-state index in [0.29, 0.717) is 25.1 Å². The van der Waals surface area contributed by atoms with Gasteiger partial charge in [-0.05, 0) is 74.2 Å². The number of likely N-dealkylation sites (N-methyl/N-ethyl adjacent to an activating group) is 1. The summed E-state index contributed by atoms with van der Waals surface area (Å²) >= 11 is 0. The summed E-state index contributed by atoms with van der Waals surface area (Å²) in [6, 6.07) is 9.70. The molecule has 0 radical (unpaired) electrons. The Balaban J connectivity index is 1.50. The van der Waals surface area contributed by atoms with Gasteiger partial charge in [0, 0.05) is 12.6 Å². The van der Waals surface area contributed by atoms with E-state index in [0.717, 1.165) is 37.1 Å². The van der Waals surface area contributed by atoms with Crippen LogP contribution < -0.4 is 19.5 Å². The number of sulfonamides is 1. The van der Waals surface area contributed by atoms with Crippen molar-refractivity contribution in [2.45, 2.75) is 49.5 Å². The summed E-state index contributed by atoms with van der Waals surface area (Å²) in [5.41, 5.74) is 1.79. The summed E-state index contributed by atoms with van der Waals surface area (Å²) in [6.07, 6.45) is 3.20. The van der Waals surface area contributed by atoms with Crippen molar-refractivity contribution in [3.05, 3.63) is 53.1 Å². The SMILES string of the molecule is CCN1CCC[C@H]1CNC(=O)c1cc(S(=O)(=O)NC(=O)C2CCc3c(OC)cccc32)ccc1OC. The molecule has 1 aliphatic carbocycles. The highest BCUT2D eigenvalue weighted by molar-refractivity contribution is 7.90. The first-order valence-electron chi connectivity index (χ1n) is 12.2. The summed E-state index contributed by atoms with van der Waals surface area (Å²) in [4.78, 5) is 28.1. The number of carbonyl (C=O) groups excluding carboxylic acids is 2. The number of fused-ring (bicyclic) bond motifs is 1. The zero-order valence-corrected chi connectivity index (χ0v) is 21.7. The number of amides is 2. The Bertz CT molecular complexity index is 1250. The van der Waals surface area contributed by atoms with Crippen LogP contribution in [0.4, 0.5) is 0 Å². The van der Waals surface area contributed by atoms with Crippen molar-refractivity contribution >= 4 is 21.8 Å². The van der Waals surface area contributed by atoms with Gasteiger partial charge in [0.15, 0.2) is 0 Å². The Morgan fingerprint density at radius 2 is 1.86 bits per heavy atom. The fourth-order valence-corrected chi connectivity index (χ4v) is 6.27. The minimum absolute atomic E-state index is 0.102. The molecule has 1 fully saturated rings. The first-order chi connectivity index (χ1) is 17.3. The summed E-state index contributed by atoms with van der Waals surface area (Å²) in [7, 11) is -1.23. The molecule has 2 N–H and O–H groups in total. The molecular weight excluding hydrogens is 482 g/mol. The molecule has 1 heterocycles. The molecule has 2 aromatic carbocycles. The number of hydrogen-bond donors (Lipinski definition) is 2. The lowest BCUT2D eigenvalue weighted by Crippen LogP contribution is -2.40. The normalized spacial score (nSPS) is 19.5. The molecule has 0 bridgehead atoms. The van der Waals surface area contributed by atoms with E-state index in [9.17, 15) is 18.0 Å². The van der Waals surface area contributed by atoms with Crippen molar-refractivity contribution in [2.75, 3.05) is 33.9 Å². The van der Waals surface area contributed by atoms with Gasteiger partial charge in [0.1, 0.15) is 11.5 Å². The molecular formula is C26H33N3O6S. The second-order valence-corrected chi connectivity index (χ2v) is 10.8. The van der Waals surface area contributed by atoms with Crippen LogP contribution >= 0.6 is 0 Å². The van der Waals surface area contributed by atoms with Gasteiger partial charge in [0.25, 0.3) is 15.9 Å². The van der Waals surface area contributed by atoms with Gasteiger partial charge in [0.2, 0.25) is 5.91 Å². The Morgan fingerprint density at radius 1 is 1.08 bits per heavy atom. The lowest BCUT2D eigenvalue weighted by atomic mass is 10.0. The molecule has 2 aliphatic rings. The standard InChI is InChI=1S/C26H33N3O6S/c1-4-29-14-6-7-17(29)16-27-25(30)22-15-18(10-13-24(22)35-3)36(32,33)28-26(31)21-12-11-20-19(21)8-5-9-23(20)34-2/h5,8-10,13,15,17,21H,4,6-7,11-12,14,16H2,1-3H3,(H,27,30)(H,28,31)/t17-,21?/m0/s1. The van der Waals surface area contributed by atoms with Crippen molar-refractivity contribution in [3.8, 4) is 11.5 Å². The van der Waals surface area contributed by atoms with Crippen molar-refractivity contribution < 1.29 is 27.5 Å². The van der Waals surface area contributed by atoms with Crippen LogP contribution in [0.25, 0.3) is 0 Å². The van der Waals surface area contributed by atoms with Crippen LogP contribution in [0.2, 0.25) is 0 Å². The van der Waals surface area contributed by atoms with Gasteiger partial charge < -0.3 is 14.8 Å². The summed E-state index contributed by atoms with van der Waals surface area (Å²) in [5.74, 6) is -0.678. The molecule has 0 spiro atoms. The third kappa shape index (κ3) is 5.19. The number of rotatable bonds is 9. The molecule has 36 heavy (non-hydrogen) atoms. The summed E-state index contributed by atoms with van der Waals surface area (Å²) < 4.78 is 39.1. The maximum Gasteiger partial charge on any atom is 0.264 e. The number of likely N-dealkylation sites (tertiary alicyclic amines) is 1. The fraction of sp³-hybridized carbons (Fsp3) is 0.462. The van der Waals surface area contributed by atoms with E-state index in [1.807, 2.05) is 12.1 Å². The first-order valence-corrected chi connectivity index (χ1v) is 13.7. The smallest absolute Gasteiger partial charge is 0.264 e. The average Bonchev–Trinajstić information content (AvgIpc) is 3.53. The average molecular weight is 516 g/mol. The quantitative estimate of drug-likeness (QED) is 0.527. The van der Waals surface area contributed by atoms with E-state index < -0.39 is 27.8 Å². The maximum absolute atomic E-state index is 13.1. The zero-order chi connectivity index (χ0) is 25.9. The Labute approximate surface area is 212 Å². The summed E-state index contributed by atoms with van der Waals surface area (Å²) in [5, 5.41) is 2.91. The molecule has 0 aromatic heterocycles. The van der Waals surface area contributed by atoms with Gasteiger partial charge in [0.05, 0.1) is 30.6 Å². The fourth-order valence-electron chi connectivity index (χ4n) is 5.23. The molecule has 4 rings (SSSR count). The second-order valence-electron chi connectivity index (χ2n) is 9.09. The minimum atomic E-state index is -4.21. The molecule has 2 aromatic rings. The highest BCUT2D eigenvalue weighted by atomic mass is 32.2. The number of hydrogen-bond acceptors (Lipinski definition) is 7. The van der Waals surface area contributed by atoms with E-state index in [4.69, 9.17) is 9.47 Å². The monoisotopic (exact) mass is 515 g/mol. The molecule has 1 saturated heterocycles. The van der Waals surface area contributed by atoms with Crippen LogP contribution in [0, 0.1) is 0 Å². The highest BCUT2D eigenvalue weighted by Gasteiger charge is 2.33. The lowest BCUT2D eigenvalue weighted by Gasteiger charge is -2.23. The third-order valence-corrected chi connectivity index (χ3v) is 8.47. The molecule has 194 valence electrons. The van der Waals surface area contributed by atoms with Crippen LogP contribution in [-0.4, -0.2) is 65.0 Å². The number of benzene rings is 2. The number of nitrogens with one attached hydrogen (secondary N) is 2. The van der Waals surface area contributed by atoms with Crippen LogP contribution in [0.1, 0.15) is 53.6 Å². The van der Waals surface area contributed by atoms with E-state index in [1.54, 1.807) is 13.2 Å². The van der Waals surface area contributed by atoms with Gasteiger partial charge in [-0.15, -0.1) is 0 Å². The topological polar surface area (TPSA) is 114 Å². The lowest BCUT2D eigenvalue weighted by molar-refractivity contribution is -0.120. The summed E-state index contributed by atoms with van der Waals surface area (Å²) in [6.45, 7) is 4.47. The number of ether oxygens (including phenoxy) is 2. The van der Waals surface area contributed by atoms with Crippen molar-refractivity contribution in [1.29, 1.82) is 0 Å². The Kier molecular flexibility index (Phi) is 7.85. The molecule has 10 heteroatoms. The molecule has 0 saturated carbocycles. The molecule has 1 aliphatic heterocycles. The zero-order valence-electron chi connectivity index (χ0n) is 20.9. The van der Waals surface area contributed by atoms with Gasteiger partial charge in [-0.3, -0.25) is 14.5 Å². The van der Waals surface area contributed by atoms with E-state index >= 15 is 0 Å². The molecule has 1 unspecified atom stereocenters. The van der Waals surface area contributed by atoms with Crippen molar-refractivity contribution in [3.63, 3.8) is 0 Å². The maximum atomic E-state index is 13.1. The number of methoxy groups -OCH3 is 2. The predicted octanol–water partition coefficient (Wildman–Crippen LogP) is 2.45. The van der Waals surface area contributed by atoms with E-state index in [-0.39, 0.29) is 22.3 Å². The Hall–Kier alpha value is -3.11. The van der Waals surface area contributed by atoms with Gasteiger partial charge in [-0.25, -0.2) is 13.1 Å². The van der Waals surface area contributed by atoms with Crippen molar-refractivity contribution in [1.82, 2.24) is 14.9 Å². The van der Waals surface area contributed by atoms with Gasteiger partial charge >= 0.3 is 0 Å². The largest absolute Gasteiger partial charge is 0.496 e. The van der Waals surface area contributed by atoms with Gasteiger partial charge in [-0.2, -0.15) is 0 Å². The van der Waals surface area contributed by atoms with E-state index in [1.165, 1.54) is 25.3 Å². The molecule has 9 nitrogen and oxygen atoms in total. The molecule has 2 amide bonds. The van der Waals surface area contributed by atoms with Crippen LogP contribution in [0.5, 0.6) is 11.5 Å². The number of carbonyl (C=O) groups is 2. The Morgan fingerprint density at radius 3 is 2.58 bits per heavy atom. The predicted molar refractivity (Wildman–Crippen MR) is 135 cm³/mol.